The number of rotatable bonds is 3. The molecule has 0 N–H and O–H groups in total. The largest absolute Gasteiger partial charge is 0.256 e. The van der Waals surface area contributed by atoms with Crippen molar-refractivity contribution in [3.8, 4) is 11.3 Å². The summed E-state index contributed by atoms with van der Waals surface area (Å²) in [5.74, 6) is 0.570. The van der Waals surface area contributed by atoms with Crippen molar-refractivity contribution >= 4 is 39.9 Å². The van der Waals surface area contributed by atoms with Gasteiger partial charge in [-0.1, -0.05) is 47.5 Å². The molecule has 1 aliphatic carbocycles. The van der Waals surface area contributed by atoms with Crippen LogP contribution in [0.3, 0.4) is 0 Å². The van der Waals surface area contributed by atoms with Crippen LogP contribution in [-0.4, -0.2) is 24.6 Å². The first kappa shape index (κ1) is 17.8. The highest BCUT2D eigenvalue weighted by Gasteiger charge is 2.48. The molecule has 2 aromatic carbocycles. The third-order valence-electron chi connectivity index (χ3n) is 5.85. The van der Waals surface area contributed by atoms with E-state index in [0.717, 1.165) is 35.0 Å². The number of imidazole rings is 1. The van der Waals surface area contributed by atoms with E-state index in [1.165, 1.54) is 5.56 Å². The zero-order valence-electron chi connectivity index (χ0n) is 15.8. The molecule has 0 amide bonds. The number of halogens is 2. The SMILES string of the molecule is Clc1cccc(-c2cnc3ncc(C4(c5ccc6ncccc6c5)CC4)n3n2)c1Cl. The molecular formula is C23H15Cl2N5. The standard InChI is InChI=1S/C23H15Cl2N5/c24-17-5-1-4-16(21(17)25)19-12-27-22-28-13-20(30(22)29-19)23(8-9-23)15-6-7-18-14(11-15)3-2-10-26-18/h1-7,10-13H,8-9H2. The predicted molar refractivity (Wildman–Crippen MR) is 118 cm³/mol. The maximum Gasteiger partial charge on any atom is 0.250 e. The molecule has 0 radical (unpaired) electrons. The summed E-state index contributed by atoms with van der Waals surface area (Å²) in [5, 5.41) is 6.93. The van der Waals surface area contributed by atoms with Crippen molar-refractivity contribution in [3.63, 3.8) is 0 Å². The van der Waals surface area contributed by atoms with Gasteiger partial charge in [0.1, 0.15) is 5.69 Å². The Morgan fingerprint density at radius 1 is 0.900 bits per heavy atom. The second-order valence-electron chi connectivity index (χ2n) is 7.59. The van der Waals surface area contributed by atoms with E-state index in [-0.39, 0.29) is 5.41 Å². The van der Waals surface area contributed by atoms with Gasteiger partial charge in [-0.15, -0.1) is 0 Å². The van der Waals surface area contributed by atoms with Crippen LogP contribution in [0, 0.1) is 0 Å². The minimum Gasteiger partial charge on any atom is -0.256 e. The van der Waals surface area contributed by atoms with E-state index in [9.17, 15) is 0 Å². The fourth-order valence-corrected chi connectivity index (χ4v) is 4.51. The van der Waals surface area contributed by atoms with Gasteiger partial charge >= 0.3 is 0 Å². The van der Waals surface area contributed by atoms with Gasteiger partial charge in [0.15, 0.2) is 0 Å². The normalized spacial score (nSPS) is 15.0. The van der Waals surface area contributed by atoms with E-state index in [1.807, 2.05) is 35.1 Å². The summed E-state index contributed by atoms with van der Waals surface area (Å²) < 4.78 is 1.84. The first-order valence-corrected chi connectivity index (χ1v) is 10.4. The van der Waals surface area contributed by atoms with Gasteiger partial charge in [0, 0.05) is 22.6 Å². The quantitative estimate of drug-likeness (QED) is 0.366. The maximum atomic E-state index is 6.42. The van der Waals surface area contributed by atoms with Gasteiger partial charge in [0.05, 0.1) is 33.6 Å². The molecule has 0 aliphatic heterocycles. The first-order chi connectivity index (χ1) is 14.7. The molecule has 1 fully saturated rings. The van der Waals surface area contributed by atoms with Crippen LogP contribution in [0.4, 0.5) is 0 Å². The maximum absolute atomic E-state index is 6.42. The molecule has 30 heavy (non-hydrogen) atoms. The number of hydrogen-bond acceptors (Lipinski definition) is 4. The molecule has 1 saturated carbocycles. The van der Waals surface area contributed by atoms with Crippen molar-refractivity contribution in [1.29, 1.82) is 0 Å². The first-order valence-electron chi connectivity index (χ1n) is 9.67. The van der Waals surface area contributed by atoms with Gasteiger partial charge in [-0.2, -0.15) is 9.61 Å². The summed E-state index contributed by atoms with van der Waals surface area (Å²) in [6.45, 7) is 0. The molecule has 0 atom stereocenters. The Balaban J connectivity index is 1.51. The Labute approximate surface area is 182 Å². The topological polar surface area (TPSA) is 56.0 Å². The van der Waals surface area contributed by atoms with Crippen molar-refractivity contribution in [2.75, 3.05) is 0 Å². The van der Waals surface area contributed by atoms with Crippen LogP contribution < -0.4 is 0 Å². The summed E-state index contributed by atoms with van der Waals surface area (Å²) in [4.78, 5) is 13.5. The minimum atomic E-state index is -0.116. The molecule has 6 rings (SSSR count). The van der Waals surface area contributed by atoms with Crippen LogP contribution in [0.2, 0.25) is 10.0 Å². The van der Waals surface area contributed by atoms with Gasteiger partial charge in [-0.3, -0.25) is 4.98 Å². The zero-order chi connectivity index (χ0) is 20.3. The van der Waals surface area contributed by atoms with E-state index in [0.29, 0.717) is 21.5 Å². The van der Waals surface area contributed by atoms with Crippen molar-refractivity contribution in [3.05, 3.63) is 88.4 Å². The smallest absolute Gasteiger partial charge is 0.250 e. The molecule has 0 saturated heterocycles. The Kier molecular flexibility index (Phi) is 3.85. The van der Waals surface area contributed by atoms with Gasteiger partial charge in [0.2, 0.25) is 0 Å². The van der Waals surface area contributed by atoms with Crippen LogP contribution in [0.5, 0.6) is 0 Å². The third-order valence-corrected chi connectivity index (χ3v) is 6.67. The highest BCUT2D eigenvalue weighted by Crippen LogP contribution is 2.53. The van der Waals surface area contributed by atoms with E-state index in [4.69, 9.17) is 28.3 Å². The summed E-state index contributed by atoms with van der Waals surface area (Å²) in [5.41, 5.74) is 4.57. The molecule has 0 spiro atoms. The van der Waals surface area contributed by atoms with Crippen LogP contribution in [0.25, 0.3) is 27.9 Å². The second kappa shape index (κ2) is 6.49. The lowest BCUT2D eigenvalue weighted by Gasteiger charge is -2.16. The average Bonchev–Trinajstić information content (AvgIpc) is 3.47. The molecular weight excluding hydrogens is 417 g/mol. The summed E-state index contributed by atoms with van der Waals surface area (Å²) in [6.07, 6.45) is 7.47. The number of benzene rings is 2. The lowest BCUT2D eigenvalue weighted by Crippen LogP contribution is -2.14. The Morgan fingerprint density at radius 3 is 2.63 bits per heavy atom. The fraction of sp³-hybridized carbons (Fsp3) is 0.130. The molecule has 5 nitrogen and oxygen atoms in total. The molecule has 0 unspecified atom stereocenters. The summed E-state index contributed by atoms with van der Waals surface area (Å²) in [7, 11) is 0. The Hall–Kier alpha value is -3.02. The molecule has 146 valence electrons. The number of aromatic nitrogens is 5. The lowest BCUT2D eigenvalue weighted by molar-refractivity contribution is 0.739. The van der Waals surface area contributed by atoms with Crippen LogP contribution in [-0.2, 0) is 5.41 Å². The van der Waals surface area contributed by atoms with Crippen molar-refractivity contribution < 1.29 is 0 Å². The van der Waals surface area contributed by atoms with Crippen LogP contribution in [0.1, 0.15) is 24.1 Å². The number of nitrogens with zero attached hydrogens (tertiary/aromatic N) is 5. The molecule has 1 aliphatic rings. The molecule has 3 aromatic heterocycles. The molecule has 0 bridgehead atoms. The number of hydrogen-bond donors (Lipinski definition) is 0. The molecule has 7 heteroatoms. The van der Waals surface area contributed by atoms with Crippen molar-refractivity contribution in [1.82, 2.24) is 24.6 Å². The predicted octanol–water partition coefficient (Wildman–Crippen LogP) is 5.73. The second-order valence-corrected chi connectivity index (χ2v) is 8.38. The third kappa shape index (κ3) is 2.62. The monoisotopic (exact) mass is 431 g/mol. The van der Waals surface area contributed by atoms with Gasteiger partial charge < -0.3 is 0 Å². The minimum absolute atomic E-state index is 0.116. The summed E-state index contributed by atoms with van der Waals surface area (Å²) in [6, 6.07) is 16.0. The highest BCUT2D eigenvalue weighted by molar-refractivity contribution is 6.43. The van der Waals surface area contributed by atoms with Crippen LogP contribution >= 0.6 is 23.2 Å². The van der Waals surface area contributed by atoms with E-state index in [1.54, 1.807) is 12.3 Å². The van der Waals surface area contributed by atoms with E-state index < -0.39 is 0 Å². The summed E-state index contributed by atoms with van der Waals surface area (Å²) >= 11 is 12.6. The Morgan fingerprint density at radius 2 is 1.77 bits per heavy atom. The van der Waals surface area contributed by atoms with Gasteiger partial charge in [0.25, 0.3) is 5.78 Å². The van der Waals surface area contributed by atoms with Crippen molar-refractivity contribution in [2.45, 2.75) is 18.3 Å². The van der Waals surface area contributed by atoms with E-state index in [2.05, 4.69) is 39.2 Å². The van der Waals surface area contributed by atoms with Crippen molar-refractivity contribution in [2.24, 2.45) is 0 Å². The fourth-order valence-electron chi connectivity index (χ4n) is 4.12. The van der Waals surface area contributed by atoms with Gasteiger partial charge in [-0.25, -0.2) is 9.97 Å². The van der Waals surface area contributed by atoms with E-state index >= 15 is 0 Å². The molecule has 5 aromatic rings. The number of fused-ring (bicyclic) bond motifs is 2. The number of pyridine rings is 1. The molecule has 3 heterocycles. The highest BCUT2D eigenvalue weighted by atomic mass is 35.5. The lowest BCUT2D eigenvalue weighted by atomic mass is 9.91. The zero-order valence-corrected chi connectivity index (χ0v) is 17.3. The average molecular weight is 432 g/mol. The Bertz CT molecular complexity index is 1440. The van der Waals surface area contributed by atoms with Crippen LogP contribution in [0.15, 0.2) is 67.1 Å². The van der Waals surface area contributed by atoms with Gasteiger partial charge in [-0.05, 0) is 42.7 Å².